The van der Waals surface area contributed by atoms with Crippen LogP contribution >= 0.6 is 34.5 Å². The van der Waals surface area contributed by atoms with Gasteiger partial charge in [0.25, 0.3) is 5.91 Å². The van der Waals surface area contributed by atoms with E-state index >= 15 is 0 Å². The van der Waals surface area contributed by atoms with Crippen LogP contribution < -0.4 is 15.4 Å². The number of likely N-dealkylation sites (N-methyl/N-ethyl adjacent to an activating group) is 1. The summed E-state index contributed by atoms with van der Waals surface area (Å²) in [6.45, 7) is 3.28. The first kappa shape index (κ1) is 29.5. The molecule has 5 rings (SSSR count). The number of aromatic nitrogens is 3. The molecule has 0 fully saturated rings. The molecule has 2 N–H and O–H groups in total. The number of ether oxygens (including phenoxy) is 1. The first-order valence-corrected chi connectivity index (χ1v) is 14.6. The van der Waals surface area contributed by atoms with Crippen LogP contribution in [0.1, 0.15) is 15.4 Å². The van der Waals surface area contributed by atoms with Crippen LogP contribution in [-0.2, 0) is 0 Å². The van der Waals surface area contributed by atoms with Gasteiger partial charge in [-0.05, 0) is 75.6 Å². The van der Waals surface area contributed by atoms with Gasteiger partial charge in [-0.2, -0.15) is 0 Å². The Kier molecular flexibility index (Phi) is 9.34. The molecule has 0 aliphatic carbocycles. The lowest BCUT2D eigenvalue weighted by Crippen LogP contribution is -2.19. The third-order valence-electron chi connectivity index (χ3n) is 6.09. The summed E-state index contributed by atoms with van der Waals surface area (Å²) in [6, 6.07) is 21.7. The zero-order valence-electron chi connectivity index (χ0n) is 23.2. The average molecular weight is 620 g/mol. The van der Waals surface area contributed by atoms with Crippen molar-refractivity contribution in [3.63, 3.8) is 0 Å². The van der Waals surface area contributed by atoms with Crippen molar-refractivity contribution in [1.82, 2.24) is 19.9 Å². The molecule has 0 bridgehead atoms. The highest BCUT2D eigenvalue weighted by molar-refractivity contribution is 7.15. The zero-order chi connectivity index (χ0) is 29.6. The summed E-state index contributed by atoms with van der Waals surface area (Å²) < 4.78 is 5.78. The fraction of sp³-hybridized carbons (Fsp3) is 0.161. The maximum absolute atomic E-state index is 12.8. The van der Waals surface area contributed by atoms with Crippen LogP contribution in [0.25, 0.3) is 21.8 Å². The molecule has 2 aromatic heterocycles. The second kappa shape index (κ2) is 13.3. The number of carbonyl (C=O) groups excluding carboxylic acids is 1. The number of rotatable bonds is 10. The molecular weight excluding hydrogens is 591 g/mol. The highest BCUT2D eigenvalue weighted by atomic mass is 35.5. The Hall–Kier alpha value is -4.02. The maximum atomic E-state index is 12.8. The Balaban J connectivity index is 1.35. The molecule has 8 nitrogen and oxygen atoms in total. The van der Waals surface area contributed by atoms with Gasteiger partial charge in [0.1, 0.15) is 12.4 Å². The van der Waals surface area contributed by atoms with E-state index < -0.39 is 0 Å². The number of carbonyl (C=O) groups is 1. The Labute approximate surface area is 258 Å². The van der Waals surface area contributed by atoms with Crippen LogP contribution in [0.15, 0.2) is 79.0 Å². The van der Waals surface area contributed by atoms with E-state index in [4.69, 9.17) is 37.9 Å². The highest BCUT2D eigenvalue weighted by Crippen LogP contribution is 2.37. The van der Waals surface area contributed by atoms with Gasteiger partial charge in [0, 0.05) is 40.3 Å². The summed E-state index contributed by atoms with van der Waals surface area (Å²) >= 11 is 14.1. The number of benzene rings is 3. The number of hydrogen-bond acceptors (Lipinski definition) is 8. The molecule has 0 unspecified atom stereocenters. The minimum Gasteiger partial charge on any atom is -0.491 e. The van der Waals surface area contributed by atoms with Crippen LogP contribution in [-0.4, -0.2) is 53.0 Å². The molecule has 0 spiro atoms. The fourth-order valence-corrected chi connectivity index (χ4v) is 5.42. The van der Waals surface area contributed by atoms with Crippen molar-refractivity contribution < 1.29 is 9.53 Å². The van der Waals surface area contributed by atoms with E-state index in [0.29, 0.717) is 39.6 Å². The zero-order valence-corrected chi connectivity index (χ0v) is 25.5. The molecule has 214 valence electrons. The first-order valence-electron chi connectivity index (χ1n) is 13.1. The van der Waals surface area contributed by atoms with Crippen LogP contribution in [0.5, 0.6) is 5.75 Å². The number of thiazole rings is 1. The molecule has 0 radical (unpaired) electrons. The van der Waals surface area contributed by atoms with Gasteiger partial charge in [-0.1, -0.05) is 41.4 Å². The Morgan fingerprint density at radius 3 is 2.60 bits per heavy atom. The van der Waals surface area contributed by atoms with Gasteiger partial charge in [0.05, 0.1) is 26.3 Å². The molecule has 0 saturated heterocycles. The van der Waals surface area contributed by atoms with Crippen LogP contribution in [0.2, 0.25) is 10.0 Å². The van der Waals surface area contributed by atoms with Gasteiger partial charge in [-0.25, -0.2) is 15.0 Å². The summed E-state index contributed by atoms with van der Waals surface area (Å²) in [6.07, 6.45) is 1.70. The lowest BCUT2D eigenvalue weighted by atomic mass is 10.1. The second-order valence-corrected chi connectivity index (χ2v) is 11.7. The first-order chi connectivity index (χ1) is 20.2. The van der Waals surface area contributed by atoms with E-state index in [9.17, 15) is 4.79 Å². The van der Waals surface area contributed by atoms with E-state index in [2.05, 4.69) is 15.6 Å². The largest absolute Gasteiger partial charge is 0.491 e. The van der Waals surface area contributed by atoms with E-state index in [0.717, 1.165) is 39.1 Å². The summed E-state index contributed by atoms with van der Waals surface area (Å²) in [4.78, 5) is 29.7. The average Bonchev–Trinajstić information content (AvgIpc) is 3.36. The van der Waals surface area contributed by atoms with Crippen molar-refractivity contribution >= 4 is 57.8 Å². The van der Waals surface area contributed by atoms with Crippen molar-refractivity contribution in [3.8, 4) is 27.6 Å². The monoisotopic (exact) mass is 618 g/mol. The van der Waals surface area contributed by atoms with Crippen LogP contribution in [0.3, 0.4) is 0 Å². The molecule has 3 aromatic carbocycles. The predicted molar refractivity (Wildman–Crippen MR) is 172 cm³/mol. The number of nitrogens with one attached hydrogen (secondary N) is 2. The number of amides is 1. The second-order valence-electron chi connectivity index (χ2n) is 9.64. The summed E-state index contributed by atoms with van der Waals surface area (Å²) in [5.74, 6) is 0.794. The third-order valence-corrected chi connectivity index (χ3v) is 7.61. The van der Waals surface area contributed by atoms with Crippen molar-refractivity contribution in [1.29, 1.82) is 0 Å². The molecule has 0 aliphatic rings. The Bertz CT molecular complexity index is 1730. The minimum atomic E-state index is -0.246. The molecule has 2 heterocycles. The minimum absolute atomic E-state index is 0.246. The quantitative estimate of drug-likeness (QED) is 0.165. The van der Waals surface area contributed by atoms with E-state index in [1.807, 2.05) is 68.4 Å². The maximum Gasteiger partial charge on any atom is 0.255 e. The van der Waals surface area contributed by atoms with Gasteiger partial charge in [-0.15, -0.1) is 11.3 Å². The number of anilines is 3. The molecule has 0 saturated carbocycles. The summed E-state index contributed by atoms with van der Waals surface area (Å²) in [5.41, 5.74) is 4.19. The normalized spacial score (nSPS) is 11.0. The molecule has 5 aromatic rings. The Morgan fingerprint density at radius 2 is 1.81 bits per heavy atom. The fourth-order valence-electron chi connectivity index (χ4n) is 4.08. The highest BCUT2D eigenvalue weighted by Gasteiger charge is 2.17. The van der Waals surface area contributed by atoms with E-state index in [1.54, 1.807) is 36.5 Å². The number of hydrogen-bond donors (Lipinski definition) is 2. The van der Waals surface area contributed by atoms with E-state index in [-0.39, 0.29) is 5.91 Å². The SMILES string of the molecule is Cc1nc(-c2cccc(NC(=O)c3cccc(Cl)c3)c2)c(-c2ccnc(Nc3ccc(OCCN(C)C)c(Cl)c3)n2)s1. The van der Waals surface area contributed by atoms with Crippen molar-refractivity contribution in [2.75, 3.05) is 37.9 Å². The molecular formula is C31H28Cl2N6O2S. The third kappa shape index (κ3) is 7.43. The van der Waals surface area contributed by atoms with E-state index in [1.165, 1.54) is 11.3 Å². The van der Waals surface area contributed by atoms with Gasteiger partial charge < -0.3 is 20.3 Å². The summed E-state index contributed by atoms with van der Waals surface area (Å²) in [5, 5.41) is 8.06. The lowest BCUT2D eigenvalue weighted by Gasteiger charge is -2.13. The topological polar surface area (TPSA) is 92.3 Å². The van der Waals surface area contributed by atoms with Crippen molar-refractivity contribution in [2.45, 2.75) is 6.92 Å². The molecule has 42 heavy (non-hydrogen) atoms. The van der Waals surface area contributed by atoms with Gasteiger partial charge in [0.15, 0.2) is 0 Å². The lowest BCUT2D eigenvalue weighted by molar-refractivity contribution is 0.102. The van der Waals surface area contributed by atoms with Gasteiger partial charge in [-0.3, -0.25) is 4.79 Å². The Morgan fingerprint density at radius 1 is 0.976 bits per heavy atom. The summed E-state index contributed by atoms with van der Waals surface area (Å²) in [7, 11) is 3.98. The van der Waals surface area contributed by atoms with Gasteiger partial charge in [0.2, 0.25) is 5.95 Å². The number of nitrogens with zero attached hydrogens (tertiary/aromatic N) is 4. The standard InChI is InChI=1S/C31H28Cl2N6O2S/c1-19-35-28(20-6-5-9-23(17-20)36-30(40)21-7-4-8-22(32)16-21)29(42-19)26-12-13-34-31(38-26)37-24-10-11-27(25(33)18-24)41-15-14-39(2)3/h4-13,16-18H,14-15H2,1-3H3,(H,36,40)(H,34,37,38). The molecule has 0 atom stereocenters. The number of aryl methyl sites for hydroxylation is 1. The van der Waals surface area contributed by atoms with Crippen LogP contribution in [0.4, 0.5) is 17.3 Å². The van der Waals surface area contributed by atoms with Crippen molar-refractivity contribution in [2.24, 2.45) is 0 Å². The smallest absolute Gasteiger partial charge is 0.255 e. The predicted octanol–water partition coefficient (Wildman–Crippen LogP) is 7.82. The van der Waals surface area contributed by atoms with Crippen molar-refractivity contribution in [3.05, 3.63) is 99.6 Å². The number of halogens is 2. The molecule has 0 aliphatic heterocycles. The molecule has 1 amide bonds. The molecule has 11 heteroatoms. The van der Waals surface area contributed by atoms with Crippen LogP contribution in [0, 0.1) is 6.92 Å². The van der Waals surface area contributed by atoms with Gasteiger partial charge >= 0.3 is 0 Å².